The third-order valence-corrected chi connectivity index (χ3v) is 4.26. The molecule has 0 spiro atoms. The van der Waals surface area contributed by atoms with Crippen molar-refractivity contribution in [2.24, 2.45) is 0 Å². The summed E-state index contributed by atoms with van der Waals surface area (Å²) < 4.78 is 0. The highest BCUT2D eigenvalue weighted by Crippen LogP contribution is 2.26. The van der Waals surface area contributed by atoms with Crippen LogP contribution in [0.2, 0.25) is 0 Å². The molecule has 0 N–H and O–H groups in total. The van der Waals surface area contributed by atoms with E-state index in [2.05, 4.69) is 98.7 Å². The van der Waals surface area contributed by atoms with Gasteiger partial charge >= 0.3 is 0 Å². The van der Waals surface area contributed by atoms with Gasteiger partial charge in [0, 0.05) is 0 Å². The maximum atomic E-state index is 2.29. The molecule has 2 aromatic carbocycles. The van der Waals surface area contributed by atoms with Crippen molar-refractivity contribution in [2.45, 2.75) is 73.6 Å². The maximum absolute atomic E-state index is 2.29. The predicted octanol–water partition coefficient (Wildman–Crippen LogP) is 7.03. The van der Waals surface area contributed by atoms with Crippen LogP contribution < -0.4 is 0 Å². The summed E-state index contributed by atoms with van der Waals surface area (Å²) in [6.07, 6.45) is 0. The normalized spacial score (nSPS) is 11.2. The molecule has 0 aliphatic carbocycles. The maximum Gasteiger partial charge on any atom is -0.0129 e. The molecule has 0 saturated heterocycles. The fourth-order valence-electron chi connectivity index (χ4n) is 2.93. The molecule has 0 nitrogen and oxygen atoms in total. The summed E-state index contributed by atoms with van der Waals surface area (Å²) in [4.78, 5) is 0. The lowest BCUT2D eigenvalue weighted by Gasteiger charge is -2.22. The number of hydrogen-bond acceptors (Lipinski definition) is 0. The molecule has 0 fully saturated rings. The molecule has 0 radical (unpaired) electrons. The van der Waals surface area contributed by atoms with Gasteiger partial charge in [0.15, 0.2) is 0 Å². The standard InChI is InChI=1S/C12H18.C11H16/c1-9-6-7-10(2)11(8-9)12(3,4)5;1-8(2)11-7-9(3)5-6-10(11)4/h6-8H,1-5H3;5-8H,1-4H3. The van der Waals surface area contributed by atoms with Crippen molar-refractivity contribution < 1.29 is 0 Å². The lowest BCUT2D eigenvalue weighted by molar-refractivity contribution is 0.585. The first-order chi connectivity index (χ1) is 10.5. The minimum atomic E-state index is 0.274. The van der Waals surface area contributed by atoms with Gasteiger partial charge < -0.3 is 0 Å². The Balaban J connectivity index is 0.000000231. The van der Waals surface area contributed by atoms with E-state index in [0.717, 1.165) is 0 Å². The van der Waals surface area contributed by atoms with Crippen LogP contribution in [0.1, 0.15) is 73.9 Å². The number of aryl methyl sites for hydroxylation is 4. The molecule has 0 amide bonds. The quantitative estimate of drug-likeness (QED) is 0.530. The lowest BCUT2D eigenvalue weighted by atomic mass is 9.83. The monoisotopic (exact) mass is 310 g/mol. The van der Waals surface area contributed by atoms with Crippen LogP contribution in [-0.2, 0) is 5.41 Å². The van der Waals surface area contributed by atoms with Gasteiger partial charge in [-0.1, -0.05) is 82.1 Å². The fraction of sp³-hybridized carbons (Fsp3) is 0.478. The van der Waals surface area contributed by atoms with Crippen molar-refractivity contribution in [1.82, 2.24) is 0 Å². The van der Waals surface area contributed by atoms with Crippen molar-refractivity contribution in [1.29, 1.82) is 0 Å². The van der Waals surface area contributed by atoms with E-state index >= 15 is 0 Å². The molecule has 0 saturated carbocycles. The summed E-state index contributed by atoms with van der Waals surface area (Å²) in [6, 6.07) is 13.3. The highest BCUT2D eigenvalue weighted by Gasteiger charge is 2.15. The van der Waals surface area contributed by atoms with Crippen LogP contribution in [-0.4, -0.2) is 0 Å². The van der Waals surface area contributed by atoms with E-state index in [1.807, 2.05) is 0 Å². The van der Waals surface area contributed by atoms with Crippen molar-refractivity contribution in [3.05, 3.63) is 69.8 Å². The first-order valence-corrected chi connectivity index (χ1v) is 8.67. The zero-order valence-electron chi connectivity index (χ0n) is 16.5. The van der Waals surface area contributed by atoms with Gasteiger partial charge in [0.05, 0.1) is 0 Å². The number of rotatable bonds is 1. The van der Waals surface area contributed by atoms with Gasteiger partial charge in [-0.15, -0.1) is 0 Å². The van der Waals surface area contributed by atoms with Gasteiger partial charge in [-0.05, 0) is 61.3 Å². The molecule has 0 aliphatic rings. The van der Waals surface area contributed by atoms with Crippen LogP contribution >= 0.6 is 0 Å². The third-order valence-electron chi connectivity index (χ3n) is 4.26. The fourth-order valence-corrected chi connectivity index (χ4v) is 2.93. The zero-order chi connectivity index (χ0) is 17.8. The molecule has 0 aliphatic heterocycles. The summed E-state index contributed by atoms with van der Waals surface area (Å²) in [5.41, 5.74) is 8.73. The van der Waals surface area contributed by atoms with Crippen LogP contribution in [0.3, 0.4) is 0 Å². The molecule has 0 bridgehead atoms. The Bertz CT molecular complexity index is 640. The molecule has 0 unspecified atom stereocenters. The van der Waals surface area contributed by atoms with Crippen molar-refractivity contribution >= 4 is 0 Å². The van der Waals surface area contributed by atoms with Crippen molar-refractivity contribution in [3.63, 3.8) is 0 Å². The molecular weight excluding hydrogens is 276 g/mol. The first-order valence-electron chi connectivity index (χ1n) is 8.67. The first kappa shape index (κ1) is 19.5. The molecule has 2 aromatic rings. The van der Waals surface area contributed by atoms with Crippen LogP contribution in [0.25, 0.3) is 0 Å². The summed E-state index contributed by atoms with van der Waals surface area (Å²) in [7, 11) is 0. The van der Waals surface area contributed by atoms with Crippen LogP contribution in [0.4, 0.5) is 0 Å². The molecule has 23 heavy (non-hydrogen) atoms. The van der Waals surface area contributed by atoms with E-state index < -0.39 is 0 Å². The van der Waals surface area contributed by atoms with Crippen molar-refractivity contribution in [3.8, 4) is 0 Å². The van der Waals surface area contributed by atoms with Gasteiger partial charge in [-0.25, -0.2) is 0 Å². The van der Waals surface area contributed by atoms with Crippen LogP contribution in [0.15, 0.2) is 36.4 Å². The Kier molecular flexibility index (Phi) is 6.62. The molecule has 0 heteroatoms. The summed E-state index contributed by atoms with van der Waals surface area (Å²) in [6.45, 7) is 19.9. The van der Waals surface area contributed by atoms with E-state index in [-0.39, 0.29) is 5.41 Å². The van der Waals surface area contributed by atoms with E-state index in [1.54, 1.807) is 0 Å². The second-order valence-electron chi connectivity index (χ2n) is 8.08. The molecular formula is C23H34. The molecule has 2 rings (SSSR count). The van der Waals surface area contributed by atoms with E-state index in [4.69, 9.17) is 0 Å². The summed E-state index contributed by atoms with van der Waals surface area (Å²) in [5, 5.41) is 0. The summed E-state index contributed by atoms with van der Waals surface area (Å²) in [5.74, 6) is 0.648. The zero-order valence-corrected chi connectivity index (χ0v) is 16.5. The second-order valence-corrected chi connectivity index (χ2v) is 8.08. The van der Waals surface area contributed by atoms with Gasteiger partial charge in [0.1, 0.15) is 0 Å². The Hall–Kier alpha value is -1.56. The third kappa shape index (κ3) is 5.86. The Morgan fingerprint density at radius 3 is 1.57 bits per heavy atom. The minimum Gasteiger partial charge on any atom is -0.0590 e. The SMILES string of the molecule is Cc1ccc(C)c(C(C)(C)C)c1.Cc1ccc(C)c(C(C)C)c1. The van der Waals surface area contributed by atoms with E-state index in [1.165, 1.54) is 33.4 Å². The predicted molar refractivity (Wildman–Crippen MR) is 105 cm³/mol. The molecule has 0 aromatic heterocycles. The van der Waals surface area contributed by atoms with Gasteiger partial charge in [0.2, 0.25) is 0 Å². The van der Waals surface area contributed by atoms with Crippen LogP contribution in [0, 0.1) is 27.7 Å². The Labute approximate surface area is 144 Å². The smallest absolute Gasteiger partial charge is 0.0129 e. The van der Waals surface area contributed by atoms with Gasteiger partial charge in [0.25, 0.3) is 0 Å². The highest BCUT2D eigenvalue weighted by molar-refractivity contribution is 5.35. The van der Waals surface area contributed by atoms with E-state index in [9.17, 15) is 0 Å². The minimum absolute atomic E-state index is 0.274. The van der Waals surface area contributed by atoms with Crippen molar-refractivity contribution in [2.75, 3.05) is 0 Å². The van der Waals surface area contributed by atoms with Gasteiger partial charge in [-0.3, -0.25) is 0 Å². The largest absolute Gasteiger partial charge is 0.0590 e. The Morgan fingerprint density at radius 2 is 1.17 bits per heavy atom. The second kappa shape index (κ2) is 7.81. The average molecular weight is 311 g/mol. The molecule has 126 valence electrons. The average Bonchev–Trinajstić information content (AvgIpc) is 2.43. The number of hydrogen-bond donors (Lipinski definition) is 0. The lowest BCUT2D eigenvalue weighted by Crippen LogP contribution is -2.13. The Morgan fingerprint density at radius 1 is 0.696 bits per heavy atom. The molecule has 0 atom stereocenters. The van der Waals surface area contributed by atoms with E-state index in [0.29, 0.717) is 5.92 Å². The topological polar surface area (TPSA) is 0 Å². The van der Waals surface area contributed by atoms with Gasteiger partial charge in [-0.2, -0.15) is 0 Å². The molecule has 0 heterocycles. The van der Waals surface area contributed by atoms with Crippen LogP contribution in [0.5, 0.6) is 0 Å². The highest BCUT2D eigenvalue weighted by atomic mass is 14.2. The summed E-state index contributed by atoms with van der Waals surface area (Å²) >= 11 is 0. The number of benzene rings is 2.